The minimum Gasteiger partial charge on any atom is -0.329 e. The first-order valence-electron chi connectivity index (χ1n) is 6.95. The molecule has 0 saturated heterocycles. The van der Waals surface area contributed by atoms with Gasteiger partial charge < -0.3 is 5.73 Å². The lowest BCUT2D eigenvalue weighted by Gasteiger charge is -2.29. The van der Waals surface area contributed by atoms with E-state index >= 15 is 0 Å². The molecule has 0 radical (unpaired) electrons. The number of nitrogens with two attached hydrogens (primary N) is 1. The average molecular weight is 289 g/mol. The van der Waals surface area contributed by atoms with Crippen LogP contribution in [0.4, 0.5) is 0 Å². The van der Waals surface area contributed by atoms with Crippen molar-refractivity contribution in [2.75, 3.05) is 13.1 Å². The van der Waals surface area contributed by atoms with Gasteiger partial charge in [0.1, 0.15) is 0 Å². The van der Waals surface area contributed by atoms with Gasteiger partial charge in [-0.2, -0.15) is 0 Å². The molecular formula is C17H21ClN2. The van der Waals surface area contributed by atoms with Crippen molar-refractivity contribution in [3.05, 3.63) is 70.7 Å². The summed E-state index contributed by atoms with van der Waals surface area (Å²) in [6.07, 6.45) is 0. The Morgan fingerprint density at radius 2 is 1.70 bits per heavy atom. The lowest BCUT2D eigenvalue weighted by Crippen LogP contribution is -2.31. The molecule has 0 bridgehead atoms. The minimum atomic E-state index is 0.243. The van der Waals surface area contributed by atoms with Crippen LogP contribution in [0.15, 0.2) is 54.6 Å². The topological polar surface area (TPSA) is 29.3 Å². The lowest BCUT2D eigenvalue weighted by atomic mass is 10.1. The van der Waals surface area contributed by atoms with Crippen molar-refractivity contribution in [2.45, 2.75) is 19.5 Å². The van der Waals surface area contributed by atoms with Crippen LogP contribution in [0.3, 0.4) is 0 Å². The van der Waals surface area contributed by atoms with Crippen molar-refractivity contribution in [3.63, 3.8) is 0 Å². The first-order chi connectivity index (χ1) is 9.72. The summed E-state index contributed by atoms with van der Waals surface area (Å²) in [4.78, 5) is 2.36. The maximum atomic E-state index is 6.31. The van der Waals surface area contributed by atoms with Gasteiger partial charge in [0, 0.05) is 30.7 Å². The van der Waals surface area contributed by atoms with Gasteiger partial charge in [0.05, 0.1) is 0 Å². The molecule has 0 aromatic heterocycles. The Labute approximate surface area is 126 Å². The van der Waals surface area contributed by atoms with E-state index in [1.54, 1.807) is 0 Å². The minimum absolute atomic E-state index is 0.243. The molecule has 2 rings (SSSR count). The molecule has 1 atom stereocenters. The third kappa shape index (κ3) is 3.83. The zero-order chi connectivity index (χ0) is 14.4. The van der Waals surface area contributed by atoms with E-state index in [0.717, 1.165) is 23.7 Å². The highest BCUT2D eigenvalue weighted by atomic mass is 35.5. The number of nitrogens with zero attached hydrogens (tertiary/aromatic N) is 1. The molecule has 2 nitrogen and oxygen atoms in total. The predicted octanol–water partition coefficient (Wildman–Crippen LogP) is 3.86. The lowest BCUT2D eigenvalue weighted by molar-refractivity contribution is 0.207. The summed E-state index contributed by atoms with van der Waals surface area (Å²) in [5.41, 5.74) is 8.21. The summed E-state index contributed by atoms with van der Waals surface area (Å²) < 4.78 is 0. The van der Waals surface area contributed by atoms with E-state index in [2.05, 4.69) is 42.2 Å². The Bertz CT molecular complexity index is 528. The van der Waals surface area contributed by atoms with E-state index in [0.29, 0.717) is 6.54 Å². The number of rotatable bonds is 6. The third-order valence-electron chi connectivity index (χ3n) is 3.55. The highest BCUT2D eigenvalue weighted by Gasteiger charge is 2.17. The van der Waals surface area contributed by atoms with Crippen molar-refractivity contribution >= 4 is 11.6 Å². The molecule has 0 aliphatic heterocycles. The summed E-state index contributed by atoms with van der Waals surface area (Å²) in [7, 11) is 0. The van der Waals surface area contributed by atoms with E-state index in [1.165, 1.54) is 5.56 Å². The maximum Gasteiger partial charge on any atom is 0.0453 e. The Balaban J connectivity index is 2.18. The third-order valence-corrected chi connectivity index (χ3v) is 3.89. The Kier molecular flexibility index (Phi) is 5.60. The van der Waals surface area contributed by atoms with Gasteiger partial charge in [-0.05, 0) is 24.1 Å². The van der Waals surface area contributed by atoms with Crippen molar-refractivity contribution < 1.29 is 0 Å². The van der Waals surface area contributed by atoms with Crippen LogP contribution in [0.1, 0.15) is 24.1 Å². The molecule has 2 aromatic carbocycles. The molecule has 0 fully saturated rings. The van der Waals surface area contributed by atoms with Crippen LogP contribution < -0.4 is 5.73 Å². The summed E-state index contributed by atoms with van der Waals surface area (Å²) in [5, 5.41) is 0.815. The standard InChI is InChI=1S/C17H21ClN2/c1-14(16-9-5-6-10-17(16)18)20(12-11-19)13-15-7-3-2-4-8-15/h2-10,14H,11-13,19H2,1H3. The van der Waals surface area contributed by atoms with E-state index in [-0.39, 0.29) is 6.04 Å². The largest absolute Gasteiger partial charge is 0.329 e. The van der Waals surface area contributed by atoms with Gasteiger partial charge in [0.2, 0.25) is 0 Å². The first kappa shape index (κ1) is 15.0. The smallest absolute Gasteiger partial charge is 0.0453 e. The summed E-state index contributed by atoms with van der Waals surface area (Å²) >= 11 is 6.31. The summed E-state index contributed by atoms with van der Waals surface area (Å²) in [5.74, 6) is 0. The molecule has 0 spiro atoms. The molecule has 0 aliphatic carbocycles. The second-order valence-corrected chi connectivity index (χ2v) is 5.35. The molecule has 1 unspecified atom stereocenters. The fourth-order valence-electron chi connectivity index (χ4n) is 2.40. The normalized spacial score (nSPS) is 12.6. The summed E-state index contributed by atoms with van der Waals surface area (Å²) in [6.45, 7) is 4.55. The number of hydrogen-bond acceptors (Lipinski definition) is 2. The Morgan fingerprint density at radius 3 is 2.35 bits per heavy atom. The Hall–Kier alpha value is -1.35. The van der Waals surface area contributed by atoms with Crippen LogP contribution in [0.5, 0.6) is 0 Å². The quantitative estimate of drug-likeness (QED) is 0.874. The first-order valence-corrected chi connectivity index (χ1v) is 7.32. The van der Waals surface area contributed by atoms with Crippen LogP contribution in [-0.2, 0) is 6.54 Å². The fourth-order valence-corrected chi connectivity index (χ4v) is 2.70. The van der Waals surface area contributed by atoms with E-state index in [1.807, 2.05) is 24.3 Å². The van der Waals surface area contributed by atoms with Crippen LogP contribution in [0.2, 0.25) is 5.02 Å². The molecule has 20 heavy (non-hydrogen) atoms. The molecule has 2 N–H and O–H groups in total. The molecule has 106 valence electrons. The maximum absolute atomic E-state index is 6.31. The highest BCUT2D eigenvalue weighted by molar-refractivity contribution is 6.31. The second kappa shape index (κ2) is 7.44. The highest BCUT2D eigenvalue weighted by Crippen LogP contribution is 2.27. The van der Waals surface area contributed by atoms with Gasteiger partial charge >= 0.3 is 0 Å². The molecule has 0 saturated carbocycles. The molecule has 2 aromatic rings. The molecule has 0 aliphatic rings. The van der Waals surface area contributed by atoms with Gasteiger partial charge in [0.15, 0.2) is 0 Å². The molecular weight excluding hydrogens is 268 g/mol. The monoisotopic (exact) mass is 288 g/mol. The molecule has 3 heteroatoms. The Morgan fingerprint density at radius 1 is 1.05 bits per heavy atom. The van der Waals surface area contributed by atoms with Gasteiger partial charge in [-0.3, -0.25) is 4.90 Å². The van der Waals surface area contributed by atoms with E-state index < -0.39 is 0 Å². The zero-order valence-electron chi connectivity index (χ0n) is 11.8. The number of halogens is 1. The van der Waals surface area contributed by atoms with Crippen LogP contribution in [0, 0.1) is 0 Å². The molecule has 0 amide bonds. The number of hydrogen-bond donors (Lipinski definition) is 1. The fraction of sp³-hybridized carbons (Fsp3) is 0.294. The van der Waals surface area contributed by atoms with Gasteiger partial charge in [-0.25, -0.2) is 0 Å². The van der Waals surface area contributed by atoms with Crippen LogP contribution in [-0.4, -0.2) is 18.0 Å². The van der Waals surface area contributed by atoms with Crippen molar-refractivity contribution in [1.29, 1.82) is 0 Å². The van der Waals surface area contributed by atoms with Gasteiger partial charge in [-0.1, -0.05) is 60.1 Å². The van der Waals surface area contributed by atoms with Gasteiger partial charge in [-0.15, -0.1) is 0 Å². The average Bonchev–Trinajstić information content (AvgIpc) is 2.48. The van der Waals surface area contributed by atoms with Gasteiger partial charge in [0.25, 0.3) is 0 Å². The van der Waals surface area contributed by atoms with Crippen molar-refractivity contribution in [1.82, 2.24) is 4.90 Å². The number of benzene rings is 2. The predicted molar refractivity (Wildman–Crippen MR) is 85.8 cm³/mol. The molecule has 0 heterocycles. The van der Waals surface area contributed by atoms with E-state index in [4.69, 9.17) is 17.3 Å². The van der Waals surface area contributed by atoms with Crippen LogP contribution >= 0.6 is 11.6 Å². The summed E-state index contributed by atoms with van der Waals surface area (Å²) in [6, 6.07) is 18.7. The SMILES string of the molecule is CC(c1ccccc1Cl)N(CCN)Cc1ccccc1. The van der Waals surface area contributed by atoms with E-state index in [9.17, 15) is 0 Å². The van der Waals surface area contributed by atoms with Crippen molar-refractivity contribution in [2.24, 2.45) is 5.73 Å². The second-order valence-electron chi connectivity index (χ2n) is 4.94. The zero-order valence-corrected chi connectivity index (χ0v) is 12.6. The van der Waals surface area contributed by atoms with Crippen molar-refractivity contribution in [3.8, 4) is 0 Å². The van der Waals surface area contributed by atoms with Crippen LogP contribution in [0.25, 0.3) is 0 Å².